The first-order valence-electron chi connectivity index (χ1n) is 19.6. The molecule has 1 aliphatic carbocycles. The Morgan fingerprint density at radius 1 is 0.421 bits per heavy atom. The Balaban J connectivity index is 1.09. The van der Waals surface area contributed by atoms with E-state index in [1.165, 1.54) is 73.3 Å². The Morgan fingerprint density at radius 2 is 0.912 bits per heavy atom. The van der Waals surface area contributed by atoms with E-state index >= 15 is 0 Å². The van der Waals surface area contributed by atoms with Gasteiger partial charge in [0.15, 0.2) is 17.5 Å². The molecule has 0 N–H and O–H groups in total. The topological polar surface area (TPSA) is 38.7 Å². The minimum Gasteiger partial charge on any atom is -0.208 e. The zero-order valence-electron chi connectivity index (χ0n) is 32.5. The van der Waals surface area contributed by atoms with Gasteiger partial charge >= 0.3 is 0 Å². The van der Waals surface area contributed by atoms with Gasteiger partial charge in [0.25, 0.3) is 0 Å². The summed E-state index contributed by atoms with van der Waals surface area (Å²) in [5.41, 5.74) is 10.8. The number of thiophene rings is 2. The molecule has 0 saturated carbocycles. The Morgan fingerprint density at radius 3 is 1.53 bits per heavy atom. The second-order valence-electron chi connectivity index (χ2n) is 16.8. The van der Waals surface area contributed by atoms with Crippen molar-refractivity contribution >= 4 is 76.3 Å². The van der Waals surface area contributed by atoms with Crippen LogP contribution in [0.2, 0.25) is 19.6 Å². The minimum atomic E-state index is -1.46. The number of benzene rings is 7. The van der Waals surface area contributed by atoms with Crippen LogP contribution >= 0.6 is 22.7 Å². The van der Waals surface area contributed by atoms with E-state index in [1.807, 2.05) is 22.7 Å². The molecule has 3 heterocycles. The van der Waals surface area contributed by atoms with Gasteiger partial charge in [-0.2, -0.15) is 0 Å². The molecule has 1 aliphatic rings. The van der Waals surface area contributed by atoms with Crippen LogP contribution in [0.4, 0.5) is 0 Å². The van der Waals surface area contributed by atoms with Crippen LogP contribution in [0.3, 0.4) is 0 Å². The normalized spacial score (nSPS) is 13.5. The maximum absolute atomic E-state index is 5.34. The van der Waals surface area contributed by atoms with E-state index in [0.29, 0.717) is 17.5 Å². The van der Waals surface area contributed by atoms with Crippen LogP contribution in [0.5, 0.6) is 0 Å². The molecule has 57 heavy (non-hydrogen) atoms. The highest BCUT2D eigenvalue weighted by atomic mass is 32.1. The zero-order valence-corrected chi connectivity index (χ0v) is 35.1. The third kappa shape index (κ3) is 5.46. The summed E-state index contributed by atoms with van der Waals surface area (Å²) in [4.78, 5) is 16.0. The average Bonchev–Trinajstić information content (AvgIpc) is 3.88. The molecule has 0 atom stereocenters. The monoisotopic (exact) mass is 785 g/mol. The molecule has 274 valence electrons. The largest absolute Gasteiger partial charge is 0.208 e. The molecule has 0 aliphatic heterocycles. The van der Waals surface area contributed by atoms with Gasteiger partial charge in [-0.15, -0.1) is 22.7 Å². The lowest BCUT2D eigenvalue weighted by Crippen LogP contribution is -2.38. The van der Waals surface area contributed by atoms with E-state index < -0.39 is 8.07 Å². The summed E-state index contributed by atoms with van der Waals surface area (Å²) in [6, 6.07) is 53.3. The standard InChI is InChI=1S/C51H39N3S2Si/c1-51(2)40-28-31(23-25-34(40)35-26-24-33(29-41(35)51)57(3,4)5)30-13-10-14-32(27-30)48-52-49(38-17-11-21-44-46(38)36-15-6-8-19-42(36)55-44)54-50(53-48)39-18-12-22-45-47(39)37-16-7-9-20-43(37)56-45/h6-29H,1-5H3. The number of nitrogens with zero attached hydrogens (tertiary/aromatic N) is 3. The molecule has 7 aromatic carbocycles. The fraction of sp³-hybridized carbons (Fsp3) is 0.118. The van der Waals surface area contributed by atoms with Gasteiger partial charge in [-0.25, -0.2) is 15.0 Å². The van der Waals surface area contributed by atoms with Gasteiger partial charge in [0, 0.05) is 62.4 Å². The smallest absolute Gasteiger partial charge is 0.164 e. The molecule has 3 nitrogen and oxygen atoms in total. The van der Waals surface area contributed by atoms with Crippen molar-refractivity contribution in [2.75, 3.05) is 0 Å². The van der Waals surface area contributed by atoms with Crippen molar-refractivity contribution < 1.29 is 0 Å². The van der Waals surface area contributed by atoms with Crippen LogP contribution in [0, 0.1) is 0 Å². The second kappa shape index (κ2) is 12.6. The number of rotatable bonds is 5. The second-order valence-corrected chi connectivity index (χ2v) is 24.1. The molecule has 0 spiro atoms. The molecule has 10 aromatic rings. The van der Waals surface area contributed by atoms with Gasteiger partial charge < -0.3 is 0 Å². The maximum Gasteiger partial charge on any atom is 0.164 e. The van der Waals surface area contributed by atoms with E-state index in [0.717, 1.165) is 22.3 Å². The molecule has 0 bridgehead atoms. The fourth-order valence-corrected chi connectivity index (χ4v) is 12.3. The van der Waals surface area contributed by atoms with Crippen LogP contribution < -0.4 is 5.19 Å². The van der Waals surface area contributed by atoms with E-state index in [-0.39, 0.29) is 5.41 Å². The predicted octanol–water partition coefficient (Wildman–Crippen LogP) is 14.1. The average molecular weight is 786 g/mol. The molecular formula is C51H39N3S2Si. The molecular weight excluding hydrogens is 747 g/mol. The van der Waals surface area contributed by atoms with Crippen molar-refractivity contribution in [2.24, 2.45) is 0 Å². The summed E-state index contributed by atoms with van der Waals surface area (Å²) in [5, 5.41) is 6.34. The molecule has 0 amide bonds. The van der Waals surface area contributed by atoms with Crippen molar-refractivity contribution in [1.29, 1.82) is 0 Å². The number of fused-ring (bicyclic) bond motifs is 9. The highest BCUT2D eigenvalue weighted by Crippen LogP contribution is 2.50. The van der Waals surface area contributed by atoms with Gasteiger partial charge in [-0.05, 0) is 69.8 Å². The Hall–Kier alpha value is -5.79. The van der Waals surface area contributed by atoms with Gasteiger partial charge in [0.05, 0.1) is 8.07 Å². The SMILES string of the molecule is CC1(C)c2cc(-c3cccc(-c4nc(-c5cccc6sc7ccccc7c56)nc(-c5cccc6sc7ccccc7c56)n4)c3)ccc2-c2ccc([Si](C)(C)C)cc21. The van der Waals surface area contributed by atoms with Crippen molar-refractivity contribution in [3.05, 3.63) is 157 Å². The van der Waals surface area contributed by atoms with Gasteiger partial charge in [-0.3, -0.25) is 0 Å². The lowest BCUT2D eigenvalue weighted by Gasteiger charge is -2.24. The molecule has 3 aromatic heterocycles. The van der Waals surface area contributed by atoms with Crippen molar-refractivity contribution in [3.8, 4) is 56.4 Å². The summed E-state index contributed by atoms with van der Waals surface area (Å²) in [6.07, 6.45) is 0. The number of hydrogen-bond donors (Lipinski definition) is 0. The number of aromatic nitrogens is 3. The Kier molecular flexibility index (Phi) is 7.62. The third-order valence-corrected chi connectivity index (χ3v) is 16.2. The summed E-state index contributed by atoms with van der Waals surface area (Å²) < 4.78 is 4.97. The highest BCUT2D eigenvalue weighted by molar-refractivity contribution is 7.26. The summed E-state index contributed by atoms with van der Waals surface area (Å²) in [7, 11) is -1.46. The quantitative estimate of drug-likeness (QED) is 0.163. The lowest BCUT2D eigenvalue weighted by atomic mass is 9.81. The van der Waals surface area contributed by atoms with E-state index in [1.54, 1.807) is 0 Å². The van der Waals surface area contributed by atoms with Gasteiger partial charge in [-0.1, -0.05) is 148 Å². The number of hydrogen-bond acceptors (Lipinski definition) is 5. The Bertz CT molecular complexity index is 3140. The van der Waals surface area contributed by atoms with Crippen LogP contribution in [-0.4, -0.2) is 23.0 Å². The lowest BCUT2D eigenvalue weighted by molar-refractivity contribution is 0.661. The first-order valence-corrected chi connectivity index (χ1v) is 24.7. The van der Waals surface area contributed by atoms with Crippen molar-refractivity contribution in [2.45, 2.75) is 38.9 Å². The molecule has 0 fully saturated rings. The van der Waals surface area contributed by atoms with Crippen LogP contribution in [0.15, 0.2) is 146 Å². The molecule has 0 radical (unpaired) electrons. The zero-order chi connectivity index (χ0) is 38.6. The van der Waals surface area contributed by atoms with E-state index in [4.69, 9.17) is 15.0 Å². The summed E-state index contributed by atoms with van der Waals surface area (Å²) >= 11 is 3.63. The Labute approximate surface area is 341 Å². The summed E-state index contributed by atoms with van der Waals surface area (Å²) in [5.74, 6) is 2.03. The molecule has 0 unspecified atom stereocenters. The van der Waals surface area contributed by atoms with E-state index in [9.17, 15) is 0 Å². The van der Waals surface area contributed by atoms with Crippen LogP contribution in [0.1, 0.15) is 25.0 Å². The van der Waals surface area contributed by atoms with Crippen LogP contribution in [-0.2, 0) is 5.41 Å². The van der Waals surface area contributed by atoms with Crippen molar-refractivity contribution in [1.82, 2.24) is 15.0 Å². The molecule has 6 heteroatoms. The third-order valence-electron chi connectivity index (χ3n) is 11.9. The van der Waals surface area contributed by atoms with Crippen LogP contribution in [0.25, 0.3) is 96.8 Å². The van der Waals surface area contributed by atoms with E-state index in [2.05, 4.69) is 179 Å². The van der Waals surface area contributed by atoms with Gasteiger partial charge in [0.1, 0.15) is 0 Å². The minimum absolute atomic E-state index is 0.0916. The highest BCUT2D eigenvalue weighted by Gasteiger charge is 2.36. The fourth-order valence-electron chi connectivity index (χ4n) is 8.89. The molecule has 0 saturated heterocycles. The van der Waals surface area contributed by atoms with Gasteiger partial charge in [0.2, 0.25) is 0 Å². The summed E-state index contributed by atoms with van der Waals surface area (Å²) in [6.45, 7) is 12.1. The first kappa shape index (κ1) is 34.5. The molecule has 11 rings (SSSR count). The maximum atomic E-state index is 5.34. The van der Waals surface area contributed by atoms with Crippen molar-refractivity contribution in [3.63, 3.8) is 0 Å². The first-order chi connectivity index (χ1) is 27.6. The predicted molar refractivity (Wildman–Crippen MR) is 248 cm³/mol.